The summed E-state index contributed by atoms with van der Waals surface area (Å²) in [5.41, 5.74) is -1.20. The maximum Gasteiger partial charge on any atom is 0.435 e. The molecule has 0 aliphatic rings. The third kappa shape index (κ3) is 3.10. The van der Waals surface area contributed by atoms with E-state index in [0.29, 0.717) is 0 Å². The molecule has 0 aliphatic heterocycles. The number of carbonyl (C=O) groups is 1. The van der Waals surface area contributed by atoms with Crippen LogP contribution in [-0.4, -0.2) is 22.4 Å². The molecule has 8 heteroatoms. The third-order valence-corrected chi connectivity index (χ3v) is 2.86. The van der Waals surface area contributed by atoms with Gasteiger partial charge in [-0.1, -0.05) is 0 Å². The molecule has 22 heavy (non-hydrogen) atoms. The van der Waals surface area contributed by atoms with Crippen LogP contribution in [0.2, 0.25) is 0 Å². The van der Waals surface area contributed by atoms with Crippen LogP contribution >= 0.6 is 0 Å². The van der Waals surface area contributed by atoms with Crippen molar-refractivity contribution < 1.29 is 27.1 Å². The van der Waals surface area contributed by atoms with Crippen LogP contribution in [0.4, 0.5) is 17.6 Å². The molecular weight excluding hydrogens is 304 g/mol. The van der Waals surface area contributed by atoms with E-state index in [-0.39, 0.29) is 23.6 Å². The molecule has 1 heterocycles. The molecule has 1 aromatic heterocycles. The Hall–Kier alpha value is -2.38. The number of benzene rings is 1. The van der Waals surface area contributed by atoms with E-state index in [0.717, 1.165) is 16.8 Å². The highest BCUT2D eigenvalue weighted by molar-refractivity contribution is 5.89. The molecule has 4 nitrogen and oxygen atoms in total. The number of rotatable bonds is 3. The highest BCUT2D eigenvalue weighted by atomic mass is 19.4. The molecule has 2 aromatic rings. The molecule has 0 bridgehead atoms. The van der Waals surface area contributed by atoms with Crippen molar-refractivity contribution in [2.75, 3.05) is 6.61 Å². The van der Waals surface area contributed by atoms with Crippen LogP contribution in [0.3, 0.4) is 0 Å². The van der Waals surface area contributed by atoms with E-state index in [4.69, 9.17) is 4.74 Å². The summed E-state index contributed by atoms with van der Waals surface area (Å²) in [6.07, 6.45) is -4.61. The summed E-state index contributed by atoms with van der Waals surface area (Å²) < 4.78 is 57.5. The predicted molar refractivity (Wildman–Crippen MR) is 69.2 cm³/mol. The van der Waals surface area contributed by atoms with Gasteiger partial charge < -0.3 is 4.74 Å². The maximum absolute atomic E-state index is 14.1. The number of halogens is 4. The van der Waals surface area contributed by atoms with Crippen molar-refractivity contribution in [3.05, 3.63) is 47.0 Å². The van der Waals surface area contributed by atoms with Crippen LogP contribution in [-0.2, 0) is 10.9 Å². The van der Waals surface area contributed by atoms with Gasteiger partial charge in [-0.3, -0.25) is 0 Å². The van der Waals surface area contributed by atoms with Gasteiger partial charge in [0.2, 0.25) is 0 Å². The number of aryl methyl sites for hydroxylation is 1. The van der Waals surface area contributed by atoms with Crippen LogP contribution in [0.25, 0.3) is 5.69 Å². The first-order valence-corrected chi connectivity index (χ1v) is 6.35. The van der Waals surface area contributed by atoms with E-state index in [1.54, 1.807) is 6.92 Å². The Morgan fingerprint density at radius 1 is 1.32 bits per heavy atom. The number of nitrogens with zero attached hydrogens (tertiary/aromatic N) is 2. The molecule has 0 spiro atoms. The number of hydrogen-bond acceptors (Lipinski definition) is 3. The molecular formula is C14H12F4N2O2. The largest absolute Gasteiger partial charge is 0.462 e. The minimum absolute atomic E-state index is 0.0241. The molecule has 0 saturated heterocycles. The van der Waals surface area contributed by atoms with E-state index in [2.05, 4.69) is 5.10 Å². The summed E-state index contributed by atoms with van der Waals surface area (Å²) in [6.45, 7) is 3.12. The first-order chi connectivity index (χ1) is 10.2. The summed E-state index contributed by atoms with van der Waals surface area (Å²) in [4.78, 5) is 11.5. The number of alkyl halides is 3. The van der Waals surface area contributed by atoms with Crippen molar-refractivity contribution in [3.8, 4) is 5.69 Å². The molecule has 0 saturated carbocycles. The quantitative estimate of drug-likeness (QED) is 0.643. The average Bonchev–Trinajstić information content (AvgIpc) is 2.81. The monoisotopic (exact) mass is 316 g/mol. The zero-order valence-electron chi connectivity index (χ0n) is 11.7. The summed E-state index contributed by atoms with van der Waals surface area (Å²) in [6, 6.07) is 4.17. The van der Waals surface area contributed by atoms with Crippen molar-refractivity contribution in [1.82, 2.24) is 9.78 Å². The van der Waals surface area contributed by atoms with Crippen molar-refractivity contribution in [1.29, 1.82) is 0 Å². The zero-order chi connectivity index (χ0) is 16.5. The summed E-state index contributed by atoms with van der Waals surface area (Å²) >= 11 is 0. The number of aromatic nitrogens is 2. The predicted octanol–water partition coefficient (Wildman–Crippen LogP) is 3.52. The lowest BCUT2D eigenvalue weighted by Crippen LogP contribution is -2.09. The Kier molecular flexibility index (Phi) is 4.20. The number of ether oxygens (including phenoxy) is 1. The van der Waals surface area contributed by atoms with Gasteiger partial charge in [-0.15, -0.1) is 0 Å². The number of carbonyl (C=O) groups excluding carboxylic acids is 1. The third-order valence-electron chi connectivity index (χ3n) is 2.86. The SMILES string of the molecule is CCOC(=O)c1ccc(-n2nc(C(F)(F)F)cc2C)c(F)c1. The fourth-order valence-corrected chi connectivity index (χ4v) is 1.88. The van der Waals surface area contributed by atoms with Crippen molar-refractivity contribution >= 4 is 5.97 Å². The van der Waals surface area contributed by atoms with Crippen LogP contribution in [0.1, 0.15) is 28.7 Å². The molecule has 0 atom stereocenters. The number of hydrogen-bond donors (Lipinski definition) is 0. The van der Waals surface area contributed by atoms with Crippen LogP contribution in [0.5, 0.6) is 0 Å². The van der Waals surface area contributed by atoms with Crippen LogP contribution in [0.15, 0.2) is 24.3 Å². The van der Waals surface area contributed by atoms with Gasteiger partial charge in [0, 0.05) is 5.69 Å². The molecule has 0 amide bonds. The van der Waals surface area contributed by atoms with Crippen molar-refractivity contribution in [2.24, 2.45) is 0 Å². The molecule has 0 radical (unpaired) electrons. The Balaban J connectivity index is 2.42. The minimum atomic E-state index is -4.61. The summed E-state index contributed by atoms with van der Waals surface area (Å²) in [7, 11) is 0. The Labute approximate surface area is 123 Å². The van der Waals surface area contributed by atoms with Gasteiger partial charge >= 0.3 is 12.1 Å². The second-order valence-corrected chi connectivity index (χ2v) is 4.47. The van der Waals surface area contributed by atoms with E-state index in [9.17, 15) is 22.4 Å². The summed E-state index contributed by atoms with van der Waals surface area (Å²) in [5.74, 6) is -1.58. The fourth-order valence-electron chi connectivity index (χ4n) is 1.88. The Bertz CT molecular complexity index is 707. The lowest BCUT2D eigenvalue weighted by atomic mass is 10.2. The molecule has 0 fully saturated rings. The molecule has 2 rings (SSSR count). The molecule has 0 unspecified atom stereocenters. The van der Waals surface area contributed by atoms with Crippen molar-refractivity contribution in [3.63, 3.8) is 0 Å². The smallest absolute Gasteiger partial charge is 0.435 e. The van der Waals surface area contributed by atoms with Crippen molar-refractivity contribution in [2.45, 2.75) is 20.0 Å². The van der Waals surface area contributed by atoms with Crippen LogP contribution < -0.4 is 0 Å². The van der Waals surface area contributed by atoms with Gasteiger partial charge in [-0.05, 0) is 38.1 Å². The van der Waals surface area contributed by atoms with E-state index >= 15 is 0 Å². The topological polar surface area (TPSA) is 44.1 Å². The van der Waals surface area contributed by atoms with E-state index in [1.807, 2.05) is 0 Å². The minimum Gasteiger partial charge on any atom is -0.462 e. The van der Waals surface area contributed by atoms with Gasteiger partial charge in [0.15, 0.2) is 5.69 Å². The van der Waals surface area contributed by atoms with Gasteiger partial charge in [0.25, 0.3) is 0 Å². The molecule has 118 valence electrons. The first kappa shape index (κ1) is 16.0. The fraction of sp³-hybridized carbons (Fsp3) is 0.286. The molecule has 1 aromatic carbocycles. The van der Waals surface area contributed by atoms with Gasteiger partial charge in [-0.2, -0.15) is 18.3 Å². The Morgan fingerprint density at radius 2 is 2.00 bits per heavy atom. The second kappa shape index (κ2) is 5.78. The Morgan fingerprint density at radius 3 is 2.50 bits per heavy atom. The average molecular weight is 316 g/mol. The number of esters is 1. The lowest BCUT2D eigenvalue weighted by molar-refractivity contribution is -0.141. The molecule has 0 N–H and O–H groups in total. The highest BCUT2D eigenvalue weighted by Gasteiger charge is 2.34. The summed E-state index contributed by atoms with van der Waals surface area (Å²) in [5, 5.41) is 3.36. The highest BCUT2D eigenvalue weighted by Crippen LogP contribution is 2.29. The van der Waals surface area contributed by atoms with Gasteiger partial charge in [0.05, 0.1) is 12.2 Å². The lowest BCUT2D eigenvalue weighted by Gasteiger charge is -2.08. The second-order valence-electron chi connectivity index (χ2n) is 4.47. The van der Waals surface area contributed by atoms with Gasteiger partial charge in [-0.25, -0.2) is 13.9 Å². The van der Waals surface area contributed by atoms with Crippen LogP contribution in [0, 0.1) is 12.7 Å². The standard InChI is InChI=1S/C14H12F4N2O2/c1-3-22-13(21)9-4-5-11(10(15)7-9)20-8(2)6-12(19-20)14(16,17)18/h4-7H,3H2,1-2H3. The zero-order valence-corrected chi connectivity index (χ0v) is 11.7. The van der Waals surface area contributed by atoms with E-state index < -0.39 is 23.7 Å². The van der Waals surface area contributed by atoms with Gasteiger partial charge in [0.1, 0.15) is 11.5 Å². The van der Waals surface area contributed by atoms with E-state index in [1.165, 1.54) is 19.1 Å². The molecule has 0 aliphatic carbocycles. The maximum atomic E-state index is 14.1. The first-order valence-electron chi connectivity index (χ1n) is 6.35. The normalized spacial score (nSPS) is 11.5.